The smallest absolute Gasteiger partial charge is 0.367 e. The van der Waals surface area contributed by atoms with Crippen LogP contribution in [0.2, 0.25) is 0 Å². The molecule has 0 atom stereocenters. The molecular formula is C9H12N2O3. The number of ether oxygens (including phenoxy) is 1. The fourth-order valence-electron chi connectivity index (χ4n) is 0.564. The van der Waals surface area contributed by atoms with Gasteiger partial charge in [-0.05, 0) is 6.42 Å². The number of methoxy groups -OCH3 is 1. The van der Waals surface area contributed by atoms with Gasteiger partial charge in [0.25, 0.3) is 0 Å². The zero-order chi connectivity index (χ0) is 11.0. The molecule has 0 bridgehead atoms. The molecule has 0 spiro atoms. The van der Waals surface area contributed by atoms with Gasteiger partial charge in [-0.1, -0.05) is 13.5 Å². The molecule has 0 unspecified atom stereocenters. The van der Waals surface area contributed by atoms with E-state index in [1.807, 2.05) is 6.92 Å². The molecule has 0 fully saturated rings. The van der Waals surface area contributed by atoms with E-state index in [0.717, 1.165) is 18.2 Å². The quantitative estimate of drug-likeness (QED) is 0.495. The van der Waals surface area contributed by atoms with Gasteiger partial charge in [0.2, 0.25) is 0 Å². The first-order valence-corrected chi connectivity index (χ1v) is 4.00. The van der Waals surface area contributed by atoms with Crippen molar-refractivity contribution >= 4 is 23.9 Å². The van der Waals surface area contributed by atoms with Gasteiger partial charge >= 0.3 is 12.0 Å². The minimum absolute atomic E-state index is 0.373. The van der Waals surface area contributed by atoms with Crippen LogP contribution >= 0.6 is 0 Å². The first kappa shape index (κ1) is 12.2. The third-order valence-corrected chi connectivity index (χ3v) is 1.29. The third kappa shape index (κ3) is 4.97. The second kappa shape index (κ2) is 6.71. The average Bonchev–Trinajstić information content (AvgIpc) is 2.64. The molecule has 0 aromatic rings. The van der Waals surface area contributed by atoms with Crippen molar-refractivity contribution in [3.05, 3.63) is 12.7 Å². The van der Waals surface area contributed by atoms with E-state index in [0.29, 0.717) is 0 Å². The Morgan fingerprint density at radius 3 is 2.50 bits per heavy atom. The standard InChI is InChI=1S/C5H6N2O.C4H6O2/c1-2-4-3-6-5(8)7-4;1-3-4(5)6-2/h3H,2H2,1H3;3H,1H2,2H3. The van der Waals surface area contributed by atoms with E-state index in [1.165, 1.54) is 13.3 Å². The number of hydrogen-bond acceptors (Lipinski definition) is 3. The number of rotatable bonds is 2. The third-order valence-electron chi connectivity index (χ3n) is 1.29. The van der Waals surface area contributed by atoms with E-state index < -0.39 is 5.97 Å². The van der Waals surface area contributed by atoms with Crippen molar-refractivity contribution in [2.75, 3.05) is 7.11 Å². The summed E-state index contributed by atoms with van der Waals surface area (Å²) in [6, 6.07) is -0.373. The summed E-state index contributed by atoms with van der Waals surface area (Å²) in [7, 11) is 1.31. The maximum atomic E-state index is 10.2. The second-order valence-electron chi connectivity index (χ2n) is 2.22. The monoisotopic (exact) mass is 196 g/mol. The molecule has 0 aromatic heterocycles. The van der Waals surface area contributed by atoms with Crippen molar-refractivity contribution in [2.24, 2.45) is 9.98 Å². The SMILES string of the molecule is C=CC(=O)OC.CCC1=NC(=O)N=C1. The van der Waals surface area contributed by atoms with Crippen molar-refractivity contribution in [1.29, 1.82) is 0 Å². The lowest BCUT2D eigenvalue weighted by Crippen LogP contribution is -1.91. The van der Waals surface area contributed by atoms with Gasteiger partial charge < -0.3 is 4.74 Å². The fraction of sp³-hybridized carbons (Fsp3) is 0.333. The Kier molecular flexibility index (Phi) is 5.85. The summed E-state index contributed by atoms with van der Waals surface area (Å²) in [4.78, 5) is 27.1. The zero-order valence-electron chi connectivity index (χ0n) is 8.19. The Hall–Kier alpha value is -1.78. The molecule has 14 heavy (non-hydrogen) atoms. The molecule has 5 nitrogen and oxygen atoms in total. The summed E-state index contributed by atoms with van der Waals surface area (Å²) in [6.45, 7) is 5.09. The topological polar surface area (TPSA) is 68.1 Å². The highest BCUT2D eigenvalue weighted by Crippen LogP contribution is 1.94. The van der Waals surface area contributed by atoms with E-state index in [-0.39, 0.29) is 6.03 Å². The molecule has 0 radical (unpaired) electrons. The number of aliphatic imine (C=N–C) groups is 2. The van der Waals surface area contributed by atoms with Crippen LogP contribution in [0.15, 0.2) is 22.6 Å². The highest BCUT2D eigenvalue weighted by Gasteiger charge is 2.03. The van der Waals surface area contributed by atoms with Crippen LogP contribution < -0.4 is 0 Å². The summed E-state index contributed by atoms with van der Waals surface area (Å²) in [5.41, 5.74) is 0.773. The van der Waals surface area contributed by atoms with Crippen molar-refractivity contribution in [3.8, 4) is 0 Å². The maximum Gasteiger partial charge on any atom is 0.367 e. The Balaban J connectivity index is 0.000000255. The predicted octanol–water partition coefficient (Wildman–Crippen LogP) is 1.39. The van der Waals surface area contributed by atoms with Crippen molar-refractivity contribution < 1.29 is 14.3 Å². The van der Waals surface area contributed by atoms with Gasteiger partial charge in [0.15, 0.2) is 0 Å². The molecule has 1 heterocycles. The van der Waals surface area contributed by atoms with Gasteiger partial charge in [0.05, 0.1) is 19.0 Å². The van der Waals surface area contributed by atoms with Crippen LogP contribution in [0.3, 0.4) is 0 Å². The van der Waals surface area contributed by atoms with Crippen LogP contribution in [-0.4, -0.2) is 31.0 Å². The predicted molar refractivity (Wildman–Crippen MR) is 53.8 cm³/mol. The van der Waals surface area contributed by atoms with Crippen LogP contribution in [0.25, 0.3) is 0 Å². The Morgan fingerprint density at radius 2 is 2.36 bits per heavy atom. The molecule has 0 aliphatic carbocycles. The number of carbonyl (C=O) groups excluding carboxylic acids is 2. The normalized spacial score (nSPS) is 12.7. The molecule has 1 rings (SSSR count). The van der Waals surface area contributed by atoms with Gasteiger partial charge in [-0.3, -0.25) is 0 Å². The fourth-order valence-corrected chi connectivity index (χ4v) is 0.564. The van der Waals surface area contributed by atoms with Crippen molar-refractivity contribution in [1.82, 2.24) is 0 Å². The summed E-state index contributed by atoms with van der Waals surface area (Å²) >= 11 is 0. The average molecular weight is 196 g/mol. The van der Waals surface area contributed by atoms with Crippen LogP contribution in [0.4, 0.5) is 4.79 Å². The lowest BCUT2D eigenvalue weighted by atomic mass is 10.3. The minimum Gasteiger partial charge on any atom is -0.466 e. The van der Waals surface area contributed by atoms with Crippen LogP contribution in [0.5, 0.6) is 0 Å². The lowest BCUT2D eigenvalue weighted by molar-refractivity contribution is -0.134. The summed E-state index contributed by atoms with van der Waals surface area (Å²) in [5.74, 6) is -0.394. The summed E-state index contributed by atoms with van der Waals surface area (Å²) in [5, 5.41) is 0. The van der Waals surface area contributed by atoms with Crippen LogP contribution in [0.1, 0.15) is 13.3 Å². The van der Waals surface area contributed by atoms with E-state index >= 15 is 0 Å². The van der Waals surface area contributed by atoms with Crippen molar-refractivity contribution in [2.45, 2.75) is 13.3 Å². The molecule has 2 amide bonds. The van der Waals surface area contributed by atoms with Gasteiger partial charge in [-0.2, -0.15) is 9.98 Å². The van der Waals surface area contributed by atoms with Crippen LogP contribution in [0, 0.1) is 0 Å². The molecule has 0 aromatic carbocycles. The van der Waals surface area contributed by atoms with E-state index in [2.05, 4.69) is 21.3 Å². The molecule has 1 aliphatic rings. The number of nitrogens with zero attached hydrogens (tertiary/aromatic N) is 2. The van der Waals surface area contributed by atoms with Gasteiger partial charge in [-0.25, -0.2) is 9.59 Å². The first-order chi connectivity index (χ1) is 6.63. The molecule has 0 saturated heterocycles. The van der Waals surface area contributed by atoms with Gasteiger partial charge in [0.1, 0.15) is 0 Å². The second-order valence-corrected chi connectivity index (χ2v) is 2.22. The molecule has 76 valence electrons. The van der Waals surface area contributed by atoms with Crippen LogP contribution in [-0.2, 0) is 9.53 Å². The zero-order valence-corrected chi connectivity index (χ0v) is 8.19. The van der Waals surface area contributed by atoms with E-state index in [4.69, 9.17) is 0 Å². The first-order valence-electron chi connectivity index (χ1n) is 4.00. The Morgan fingerprint density at radius 1 is 1.71 bits per heavy atom. The van der Waals surface area contributed by atoms with Gasteiger partial charge in [-0.15, -0.1) is 0 Å². The lowest BCUT2D eigenvalue weighted by Gasteiger charge is -1.83. The largest absolute Gasteiger partial charge is 0.466 e. The van der Waals surface area contributed by atoms with Gasteiger partial charge in [0, 0.05) is 6.08 Å². The van der Waals surface area contributed by atoms with Crippen molar-refractivity contribution in [3.63, 3.8) is 0 Å². The summed E-state index contributed by atoms with van der Waals surface area (Å²) in [6.07, 6.45) is 3.40. The van der Waals surface area contributed by atoms with E-state index in [9.17, 15) is 9.59 Å². The molecular weight excluding hydrogens is 184 g/mol. The molecule has 1 aliphatic heterocycles. The Bertz CT molecular complexity index is 292. The number of urea groups is 1. The Labute approximate surface area is 82.2 Å². The maximum absolute atomic E-state index is 10.2. The number of amides is 2. The minimum atomic E-state index is -0.394. The highest BCUT2D eigenvalue weighted by atomic mass is 16.5. The number of hydrogen-bond donors (Lipinski definition) is 0. The summed E-state index contributed by atoms with van der Waals surface area (Å²) < 4.78 is 4.14. The molecule has 0 saturated carbocycles. The molecule has 5 heteroatoms. The van der Waals surface area contributed by atoms with E-state index in [1.54, 1.807) is 0 Å². The number of carbonyl (C=O) groups is 2. The number of esters is 1. The molecule has 0 N–H and O–H groups in total. The highest BCUT2D eigenvalue weighted by molar-refractivity contribution is 6.37.